The van der Waals surface area contributed by atoms with Gasteiger partial charge < -0.3 is 25.0 Å². The van der Waals surface area contributed by atoms with E-state index < -0.39 is 24.9 Å². The fraction of sp³-hybridized carbons (Fsp3) is 0.500. The van der Waals surface area contributed by atoms with Crippen molar-refractivity contribution in [3.63, 3.8) is 0 Å². The van der Waals surface area contributed by atoms with Gasteiger partial charge >= 0.3 is 6.18 Å². The van der Waals surface area contributed by atoms with Crippen LogP contribution in [-0.2, 0) is 13.1 Å². The van der Waals surface area contributed by atoms with Gasteiger partial charge in [0.15, 0.2) is 0 Å². The second kappa shape index (κ2) is 8.46. The molecule has 1 fully saturated rings. The van der Waals surface area contributed by atoms with Gasteiger partial charge in [-0.15, -0.1) is 0 Å². The van der Waals surface area contributed by atoms with Gasteiger partial charge in [-0.3, -0.25) is 0 Å². The molecule has 0 saturated carbocycles. The van der Waals surface area contributed by atoms with Crippen LogP contribution in [0.25, 0.3) is 22.4 Å². The number of hydrogen-bond donors (Lipinski definition) is 2. The number of piperidine rings is 1. The summed E-state index contributed by atoms with van der Waals surface area (Å²) >= 11 is 0. The fourth-order valence-corrected chi connectivity index (χ4v) is 4.00. The molecule has 3 heterocycles. The molecule has 168 valence electrons. The molecular weight excluding hydrogens is 416 g/mol. The molecule has 1 aliphatic heterocycles. The quantitative estimate of drug-likeness (QED) is 0.571. The van der Waals surface area contributed by atoms with Crippen molar-refractivity contribution in [2.45, 2.75) is 44.8 Å². The van der Waals surface area contributed by atoms with Crippen molar-refractivity contribution < 1.29 is 22.1 Å². The zero-order valence-corrected chi connectivity index (χ0v) is 17.0. The van der Waals surface area contributed by atoms with Crippen LogP contribution < -0.4 is 11.1 Å². The molecule has 0 unspecified atom stereocenters. The zero-order valence-electron chi connectivity index (χ0n) is 17.0. The second-order valence-electron chi connectivity index (χ2n) is 7.63. The normalized spacial score (nSPS) is 20.5. The zero-order chi connectivity index (χ0) is 22.2. The number of hydrogen-bond acceptors (Lipinski definition) is 6. The SMILES string of the molecule is CCN1CC[C@@H](Nc2cccc3c2cc(-c2noc(CN)n2)n3CC(F)(F)F)[C@@H](F)C1. The number of fused-ring (bicyclic) bond motifs is 1. The summed E-state index contributed by atoms with van der Waals surface area (Å²) in [5.41, 5.74) is 6.55. The standard InChI is InChI=1S/C20H24F4N6O/c1-2-29-7-6-15(13(21)10-29)26-14-4-3-5-16-12(14)8-17(30(16)11-20(22,23)24)19-27-18(9-25)31-28-19/h3-5,8,13,15,26H,2,6-7,9-11,25H2,1H3/t13-,15+/m0/s1. The van der Waals surface area contributed by atoms with Gasteiger partial charge in [-0.25, -0.2) is 4.39 Å². The van der Waals surface area contributed by atoms with Crippen LogP contribution in [0, 0.1) is 0 Å². The lowest BCUT2D eigenvalue weighted by Gasteiger charge is -2.35. The van der Waals surface area contributed by atoms with Gasteiger partial charge in [0.2, 0.25) is 11.7 Å². The van der Waals surface area contributed by atoms with Crippen LogP contribution in [-0.4, -0.2) is 57.6 Å². The molecule has 3 aromatic rings. The molecule has 1 saturated heterocycles. The van der Waals surface area contributed by atoms with Crippen LogP contribution in [0.3, 0.4) is 0 Å². The molecule has 0 spiro atoms. The summed E-state index contributed by atoms with van der Waals surface area (Å²) < 4.78 is 60.8. The van der Waals surface area contributed by atoms with E-state index >= 15 is 0 Å². The Bertz CT molecular complexity index is 1050. The van der Waals surface area contributed by atoms with Gasteiger partial charge in [0.1, 0.15) is 12.7 Å². The molecule has 2 atom stereocenters. The van der Waals surface area contributed by atoms with E-state index in [4.69, 9.17) is 10.3 Å². The first-order valence-corrected chi connectivity index (χ1v) is 10.1. The molecule has 1 aromatic carbocycles. The second-order valence-corrected chi connectivity index (χ2v) is 7.63. The van der Waals surface area contributed by atoms with E-state index in [-0.39, 0.29) is 24.0 Å². The number of aromatic nitrogens is 3. The van der Waals surface area contributed by atoms with Gasteiger partial charge in [0.25, 0.3) is 0 Å². The molecule has 4 rings (SSSR count). The molecular formula is C20H24F4N6O. The minimum atomic E-state index is -4.46. The number of halogens is 4. The molecule has 0 amide bonds. The van der Waals surface area contributed by atoms with Crippen LogP contribution in [0.2, 0.25) is 0 Å². The number of anilines is 1. The monoisotopic (exact) mass is 440 g/mol. The smallest absolute Gasteiger partial charge is 0.379 e. The summed E-state index contributed by atoms with van der Waals surface area (Å²) in [4.78, 5) is 6.12. The van der Waals surface area contributed by atoms with Gasteiger partial charge in [-0.05, 0) is 31.2 Å². The average molecular weight is 440 g/mol. The third-order valence-corrected chi connectivity index (χ3v) is 5.57. The highest BCUT2D eigenvalue weighted by molar-refractivity contribution is 5.96. The molecule has 0 aliphatic carbocycles. The summed E-state index contributed by atoms with van der Waals surface area (Å²) in [6.45, 7) is 2.61. The van der Waals surface area contributed by atoms with E-state index in [0.717, 1.165) is 17.7 Å². The van der Waals surface area contributed by atoms with Crippen LogP contribution in [0.4, 0.5) is 23.2 Å². The first-order chi connectivity index (χ1) is 14.8. The van der Waals surface area contributed by atoms with Crippen LogP contribution in [0.1, 0.15) is 19.2 Å². The van der Waals surface area contributed by atoms with Crippen LogP contribution >= 0.6 is 0 Å². The Labute approximate surface area is 176 Å². The molecule has 3 N–H and O–H groups in total. The topological polar surface area (TPSA) is 85.1 Å². The highest BCUT2D eigenvalue weighted by Gasteiger charge is 2.32. The van der Waals surface area contributed by atoms with Crippen molar-refractivity contribution in [3.05, 3.63) is 30.2 Å². The third-order valence-electron chi connectivity index (χ3n) is 5.57. The maximum absolute atomic E-state index is 14.7. The predicted molar refractivity (Wildman–Crippen MR) is 108 cm³/mol. The number of nitrogens with zero attached hydrogens (tertiary/aromatic N) is 4. The lowest BCUT2D eigenvalue weighted by molar-refractivity contribution is -0.139. The maximum Gasteiger partial charge on any atom is 0.406 e. The average Bonchev–Trinajstić information content (AvgIpc) is 3.34. The first kappa shape index (κ1) is 21.6. The van der Waals surface area contributed by atoms with Crippen molar-refractivity contribution in [3.8, 4) is 11.5 Å². The van der Waals surface area contributed by atoms with E-state index in [2.05, 4.69) is 15.5 Å². The number of likely N-dealkylation sites (tertiary alicyclic amines) is 1. The van der Waals surface area contributed by atoms with Crippen LogP contribution in [0.5, 0.6) is 0 Å². The Morgan fingerprint density at radius 1 is 1.32 bits per heavy atom. The number of alkyl halides is 4. The Morgan fingerprint density at radius 3 is 2.77 bits per heavy atom. The Morgan fingerprint density at radius 2 is 2.13 bits per heavy atom. The van der Waals surface area contributed by atoms with E-state index in [9.17, 15) is 17.6 Å². The van der Waals surface area contributed by atoms with Gasteiger partial charge in [0, 0.05) is 24.2 Å². The van der Waals surface area contributed by atoms with E-state index in [0.29, 0.717) is 29.6 Å². The molecule has 2 aromatic heterocycles. The summed E-state index contributed by atoms with van der Waals surface area (Å²) in [7, 11) is 0. The van der Waals surface area contributed by atoms with Crippen molar-refractivity contribution in [2.24, 2.45) is 5.73 Å². The first-order valence-electron chi connectivity index (χ1n) is 10.1. The highest BCUT2D eigenvalue weighted by atomic mass is 19.4. The molecule has 0 radical (unpaired) electrons. The van der Waals surface area contributed by atoms with E-state index in [1.54, 1.807) is 24.3 Å². The Kier molecular flexibility index (Phi) is 5.89. The van der Waals surface area contributed by atoms with Crippen molar-refractivity contribution in [2.75, 3.05) is 25.0 Å². The van der Waals surface area contributed by atoms with Gasteiger partial charge in [0.05, 0.1) is 23.8 Å². The lowest BCUT2D eigenvalue weighted by Crippen LogP contribution is -2.47. The lowest BCUT2D eigenvalue weighted by atomic mass is 10.0. The van der Waals surface area contributed by atoms with E-state index in [1.165, 1.54) is 0 Å². The third kappa shape index (κ3) is 4.52. The van der Waals surface area contributed by atoms with Gasteiger partial charge in [-0.2, -0.15) is 18.2 Å². The van der Waals surface area contributed by atoms with Crippen LogP contribution in [0.15, 0.2) is 28.8 Å². The molecule has 0 bridgehead atoms. The van der Waals surface area contributed by atoms with E-state index in [1.807, 2.05) is 11.8 Å². The molecule has 11 heteroatoms. The number of benzene rings is 1. The fourth-order valence-electron chi connectivity index (χ4n) is 4.00. The maximum atomic E-state index is 14.7. The summed E-state index contributed by atoms with van der Waals surface area (Å²) in [6, 6.07) is 6.13. The summed E-state index contributed by atoms with van der Waals surface area (Å²) in [5, 5.41) is 7.52. The molecule has 1 aliphatic rings. The van der Waals surface area contributed by atoms with Crippen molar-refractivity contribution in [1.82, 2.24) is 19.6 Å². The highest BCUT2D eigenvalue weighted by Crippen LogP contribution is 2.35. The molecule has 31 heavy (non-hydrogen) atoms. The number of nitrogens with two attached hydrogens (primary N) is 1. The minimum absolute atomic E-state index is 0.0199. The number of nitrogens with one attached hydrogen (secondary N) is 1. The predicted octanol–water partition coefficient (Wildman–Crippen LogP) is 3.56. The van der Waals surface area contributed by atoms with Crippen molar-refractivity contribution in [1.29, 1.82) is 0 Å². The summed E-state index contributed by atoms with van der Waals surface area (Å²) in [6.07, 6.45) is -4.93. The Hall–Kier alpha value is -2.66. The Balaban J connectivity index is 1.74. The summed E-state index contributed by atoms with van der Waals surface area (Å²) in [5.74, 6) is 0.145. The largest absolute Gasteiger partial charge is 0.406 e. The number of rotatable bonds is 6. The molecule has 7 nitrogen and oxygen atoms in total. The van der Waals surface area contributed by atoms with Crippen molar-refractivity contribution >= 4 is 16.6 Å². The minimum Gasteiger partial charge on any atom is -0.379 e. The van der Waals surface area contributed by atoms with Gasteiger partial charge in [-0.1, -0.05) is 18.1 Å².